The molecule has 2 N–H and O–H groups in total. The summed E-state index contributed by atoms with van der Waals surface area (Å²) in [6, 6.07) is 0. The van der Waals surface area contributed by atoms with Crippen LogP contribution < -0.4 is 10.4 Å². The average Bonchev–Trinajstić information content (AvgIpc) is 2.56. The van der Waals surface area contributed by atoms with E-state index in [1.807, 2.05) is 0 Å². The molecule has 0 aromatic heterocycles. The molecule has 0 aromatic carbocycles. The predicted molar refractivity (Wildman–Crippen MR) is 121 cm³/mol. The summed E-state index contributed by atoms with van der Waals surface area (Å²) in [7, 11) is -2.35. The summed E-state index contributed by atoms with van der Waals surface area (Å²) in [5.41, 5.74) is 3.81. The molecule has 0 radical (unpaired) electrons. The molecule has 0 aliphatic rings. The van der Waals surface area contributed by atoms with E-state index in [9.17, 15) is 0 Å². The van der Waals surface area contributed by atoms with Crippen molar-refractivity contribution in [1.29, 1.82) is 0 Å². The van der Waals surface area contributed by atoms with Gasteiger partial charge in [-0.2, -0.15) is 0 Å². The van der Waals surface area contributed by atoms with E-state index in [-0.39, 0.29) is 0 Å². The van der Waals surface area contributed by atoms with Crippen LogP contribution in [0.2, 0.25) is 26.2 Å². The number of unbranched alkanes of at least 4 members (excludes halogenated alkanes) is 10. The van der Waals surface area contributed by atoms with Crippen LogP contribution in [0.3, 0.4) is 0 Å². The second kappa shape index (κ2) is 16.5. The molecular weight excluding hydrogens is 338 g/mol. The topological polar surface area (TPSA) is 27.3 Å². The number of hydrogen-bond donors (Lipinski definition) is 2. The average molecular weight is 388 g/mol. The fraction of sp³-hybridized carbons (Fsp3) is 1.00. The summed E-state index contributed by atoms with van der Waals surface area (Å²) in [5, 5.41) is 0. The summed E-state index contributed by atoms with van der Waals surface area (Å²) in [4.78, 5) is 3.94. The molecular formula is C20H49N3Si2. The van der Waals surface area contributed by atoms with Gasteiger partial charge in [-0.3, -0.25) is 9.77 Å². The molecule has 25 heavy (non-hydrogen) atoms. The van der Waals surface area contributed by atoms with Gasteiger partial charge in [0.25, 0.3) is 0 Å². The Morgan fingerprint density at radius 3 is 1.60 bits per heavy atom. The highest BCUT2D eigenvalue weighted by Crippen LogP contribution is 2.10. The lowest BCUT2D eigenvalue weighted by Gasteiger charge is -2.40. The van der Waals surface area contributed by atoms with Crippen molar-refractivity contribution in [1.82, 2.24) is 14.7 Å². The third-order valence-electron chi connectivity index (χ3n) is 5.02. The van der Waals surface area contributed by atoms with Gasteiger partial charge in [-0.25, -0.2) is 0 Å². The second-order valence-electron chi connectivity index (χ2n) is 8.39. The van der Waals surface area contributed by atoms with Crippen LogP contribution in [0, 0.1) is 0 Å². The van der Waals surface area contributed by atoms with Crippen LogP contribution in [-0.2, 0) is 0 Å². The van der Waals surface area contributed by atoms with Gasteiger partial charge in [-0.15, -0.1) is 0 Å². The monoisotopic (exact) mass is 387 g/mol. The summed E-state index contributed by atoms with van der Waals surface area (Å²) >= 11 is 0. The third kappa shape index (κ3) is 14.1. The van der Waals surface area contributed by atoms with Gasteiger partial charge >= 0.3 is 0 Å². The maximum absolute atomic E-state index is 3.94. The van der Waals surface area contributed by atoms with Crippen molar-refractivity contribution < 1.29 is 0 Å². The molecule has 0 heterocycles. The molecule has 0 bridgehead atoms. The van der Waals surface area contributed by atoms with Crippen LogP contribution in [0.5, 0.6) is 0 Å². The Balaban J connectivity index is 3.96. The van der Waals surface area contributed by atoms with E-state index >= 15 is 0 Å². The van der Waals surface area contributed by atoms with Gasteiger partial charge in [0, 0.05) is 6.54 Å². The van der Waals surface area contributed by atoms with Crippen LogP contribution in [0.4, 0.5) is 0 Å². The van der Waals surface area contributed by atoms with E-state index in [1.165, 1.54) is 83.6 Å². The molecule has 3 nitrogen and oxygen atoms in total. The van der Waals surface area contributed by atoms with Crippen LogP contribution in [0.15, 0.2) is 0 Å². The minimum absolute atomic E-state index is 0.833. The maximum atomic E-state index is 3.94. The predicted octanol–water partition coefficient (Wildman–Crippen LogP) is 5.79. The van der Waals surface area contributed by atoms with Crippen molar-refractivity contribution in [2.24, 2.45) is 0 Å². The highest BCUT2D eigenvalue weighted by Gasteiger charge is 2.31. The Morgan fingerprint density at radius 2 is 1.12 bits per heavy atom. The van der Waals surface area contributed by atoms with E-state index in [0.29, 0.717) is 0 Å². The normalized spacial score (nSPS) is 12.5. The maximum Gasteiger partial charge on any atom is 0.204 e. The van der Waals surface area contributed by atoms with Crippen molar-refractivity contribution >= 4 is 17.4 Å². The van der Waals surface area contributed by atoms with E-state index in [4.69, 9.17) is 0 Å². The Kier molecular flexibility index (Phi) is 16.7. The molecule has 0 rings (SSSR count). The van der Waals surface area contributed by atoms with Gasteiger partial charge in [-0.05, 0) is 32.5 Å². The minimum Gasteiger partial charge on any atom is -0.325 e. The Labute approximate surface area is 162 Å². The minimum atomic E-state index is -1.52. The van der Waals surface area contributed by atoms with E-state index < -0.39 is 17.4 Å². The highest BCUT2D eigenvalue weighted by atomic mass is 28.4. The van der Waals surface area contributed by atoms with Crippen LogP contribution in [0.25, 0.3) is 0 Å². The third-order valence-corrected chi connectivity index (χ3v) is 12.2. The fourth-order valence-electron chi connectivity index (χ4n) is 3.52. The molecule has 0 spiro atoms. The molecule has 0 amide bonds. The Hall–Kier alpha value is 0.314. The summed E-state index contributed by atoms with van der Waals surface area (Å²) in [6.45, 7) is 16.8. The lowest BCUT2D eigenvalue weighted by molar-refractivity contribution is 0.429. The van der Waals surface area contributed by atoms with Crippen molar-refractivity contribution in [2.75, 3.05) is 13.1 Å². The van der Waals surface area contributed by atoms with Gasteiger partial charge in [0.05, 0.1) is 0 Å². The molecule has 0 fully saturated rings. The summed E-state index contributed by atoms with van der Waals surface area (Å²) < 4.78 is 2.69. The Bertz CT molecular complexity index is 286. The van der Waals surface area contributed by atoms with Crippen molar-refractivity contribution in [2.45, 2.75) is 117 Å². The molecule has 0 aliphatic heterocycles. The van der Waals surface area contributed by atoms with E-state index in [1.54, 1.807) is 0 Å². The number of nitrogens with zero attached hydrogens (tertiary/aromatic N) is 1. The van der Waals surface area contributed by atoms with Gasteiger partial charge in [0.2, 0.25) is 8.40 Å². The molecule has 0 aromatic rings. The zero-order valence-electron chi connectivity index (χ0n) is 18.4. The van der Waals surface area contributed by atoms with Crippen molar-refractivity contribution in [3.8, 4) is 0 Å². The number of rotatable bonds is 18. The van der Waals surface area contributed by atoms with Gasteiger partial charge in [-0.1, -0.05) is 91.1 Å². The first kappa shape index (κ1) is 25.3. The number of hydrogen-bond acceptors (Lipinski definition) is 3. The quantitative estimate of drug-likeness (QED) is 0.177. The fourth-order valence-corrected chi connectivity index (χ4v) is 10.9. The number of hydrazine groups is 1. The first-order chi connectivity index (χ1) is 12.0. The smallest absolute Gasteiger partial charge is 0.204 e. The van der Waals surface area contributed by atoms with Gasteiger partial charge in [0.1, 0.15) is 8.96 Å². The lowest BCUT2D eigenvalue weighted by atomic mass is 10.1. The zero-order chi connectivity index (χ0) is 19.0. The van der Waals surface area contributed by atoms with Crippen molar-refractivity contribution in [3.63, 3.8) is 0 Å². The van der Waals surface area contributed by atoms with E-state index in [0.717, 1.165) is 6.54 Å². The molecule has 0 saturated carbocycles. The summed E-state index contributed by atoms with van der Waals surface area (Å²) in [6.07, 6.45) is 16.6. The van der Waals surface area contributed by atoms with Crippen LogP contribution in [-0.4, -0.2) is 34.8 Å². The first-order valence-electron chi connectivity index (χ1n) is 11.2. The number of nitrogens with one attached hydrogen (secondary N) is 2. The summed E-state index contributed by atoms with van der Waals surface area (Å²) in [5.74, 6) is 0. The molecule has 0 saturated heterocycles. The molecule has 0 unspecified atom stereocenters. The Morgan fingerprint density at radius 1 is 0.680 bits per heavy atom. The largest absolute Gasteiger partial charge is 0.325 e. The molecule has 152 valence electrons. The highest BCUT2D eigenvalue weighted by molar-refractivity contribution is 6.81. The lowest BCUT2D eigenvalue weighted by Crippen LogP contribution is -2.68. The first-order valence-corrected chi connectivity index (χ1v) is 17.0. The van der Waals surface area contributed by atoms with E-state index in [2.05, 4.69) is 54.8 Å². The van der Waals surface area contributed by atoms with Gasteiger partial charge < -0.3 is 4.98 Å². The SMILES string of the molecule is CCCCCCCCNN([SiH](C)C)[Si](C)(C)NCCCCCCCC. The van der Waals surface area contributed by atoms with Crippen LogP contribution in [0.1, 0.15) is 90.9 Å². The molecule has 5 heteroatoms. The second-order valence-corrected chi connectivity index (χ2v) is 15.6. The molecule has 0 atom stereocenters. The standard InChI is InChI=1S/C20H49N3Si2/c1-7-9-11-13-15-17-19-21-23(24(3)4)25(5,6)22-20-18-16-14-12-10-8-2/h21-22,24H,7-20H2,1-6H3. The van der Waals surface area contributed by atoms with Crippen LogP contribution >= 0.6 is 0 Å². The van der Waals surface area contributed by atoms with Gasteiger partial charge in [0.15, 0.2) is 0 Å². The zero-order valence-corrected chi connectivity index (χ0v) is 20.6. The molecule has 0 aliphatic carbocycles. The van der Waals surface area contributed by atoms with Crippen molar-refractivity contribution in [3.05, 3.63) is 0 Å².